The minimum absolute atomic E-state index is 0.149. The van der Waals surface area contributed by atoms with Gasteiger partial charge in [0.25, 0.3) is 15.7 Å². The molecular formula is C9H11N3O6S2. The van der Waals surface area contributed by atoms with Crippen LogP contribution in [-0.4, -0.2) is 37.2 Å². The number of ether oxygens (including phenoxy) is 1. The highest BCUT2D eigenvalue weighted by Crippen LogP contribution is 2.18. The Hall–Kier alpha value is -1.69. The van der Waals surface area contributed by atoms with E-state index in [1.165, 1.54) is 7.05 Å². The predicted octanol–water partition coefficient (Wildman–Crippen LogP) is 1.13. The van der Waals surface area contributed by atoms with Crippen molar-refractivity contribution in [1.82, 2.24) is 9.25 Å². The number of carbonyl (C=O) groups is 1. The molecule has 110 valence electrons. The topological polar surface area (TPSA) is 119 Å². The second kappa shape index (κ2) is 6.65. The molecule has 0 atom stereocenters. The molecule has 1 aromatic rings. The van der Waals surface area contributed by atoms with Crippen molar-refractivity contribution in [3.8, 4) is 0 Å². The molecule has 0 aromatic heterocycles. The first-order chi connectivity index (χ1) is 9.28. The van der Waals surface area contributed by atoms with Gasteiger partial charge in [-0.05, 0) is 12.1 Å². The van der Waals surface area contributed by atoms with Crippen LogP contribution in [0.3, 0.4) is 0 Å². The zero-order valence-corrected chi connectivity index (χ0v) is 12.1. The Morgan fingerprint density at radius 1 is 1.40 bits per heavy atom. The number of benzene rings is 1. The van der Waals surface area contributed by atoms with Crippen LogP contribution >= 0.6 is 11.9 Å². The maximum absolute atomic E-state index is 12.0. The molecule has 0 amide bonds. The van der Waals surface area contributed by atoms with Crippen LogP contribution in [0.1, 0.15) is 0 Å². The number of nitrogens with zero attached hydrogens (tertiary/aromatic N) is 2. The number of rotatable bonds is 5. The van der Waals surface area contributed by atoms with Crippen molar-refractivity contribution in [3.05, 3.63) is 34.4 Å². The van der Waals surface area contributed by atoms with Crippen LogP contribution in [0.25, 0.3) is 0 Å². The Labute approximate surface area is 119 Å². The zero-order chi connectivity index (χ0) is 15.3. The highest BCUT2D eigenvalue weighted by molar-refractivity contribution is 8.11. The van der Waals surface area contributed by atoms with Gasteiger partial charge in [-0.3, -0.25) is 10.1 Å². The van der Waals surface area contributed by atoms with Gasteiger partial charge in [0, 0.05) is 19.2 Å². The average molecular weight is 321 g/mol. The summed E-state index contributed by atoms with van der Waals surface area (Å²) in [5.41, 5.74) is -0.219. The Morgan fingerprint density at radius 2 is 1.95 bits per heavy atom. The first-order valence-electron chi connectivity index (χ1n) is 5.03. The van der Waals surface area contributed by atoms with E-state index in [1.807, 2.05) is 0 Å². The minimum Gasteiger partial charge on any atom is -0.460 e. The number of non-ortho nitro benzene ring substituents is 1. The van der Waals surface area contributed by atoms with Gasteiger partial charge in [-0.1, -0.05) is 0 Å². The monoisotopic (exact) mass is 321 g/mol. The van der Waals surface area contributed by atoms with E-state index in [-0.39, 0.29) is 10.6 Å². The van der Waals surface area contributed by atoms with E-state index in [4.69, 9.17) is 0 Å². The number of nitro benzene ring substituents is 1. The smallest absolute Gasteiger partial charge is 0.383 e. The average Bonchev–Trinajstić information content (AvgIpc) is 2.44. The molecule has 0 fully saturated rings. The summed E-state index contributed by atoms with van der Waals surface area (Å²) >= 11 is 0.441. The van der Waals surface area contributed by atoms with Gasteiger partial charge in [0.05, 0.1) is 28.9 Å². The van der Waals surface area contributed by atoms with Crippen LogP contribution in [0.4, 0.5) is 10.5 Å². The Kier molecular flexibility index (Phi) is 5.44. The van der Waals surface area contributed by atoms with Gasteiger partial charge in [0.1, 0.15) is 0 Å². The number of nitrogens with one attached hydrogen (secondary N) is 1. The quantitative estimate of drug-likeness (QED) is 0.371. The summed E-state index contributed by atoms with van der Waals surface area (Å²) in [5.74, 6) is 0. The van der Waals surface area contributed by atoms with E-state index in [1.54, 1.807) is 0 Å². The SMILES string of the molecule is COC(=O)SNN(C)S(=O)(=O)c1ccc([N+](=O)[O-])cc1. The second-order valence-electron chi connectivity index (χ2n) is 3.37. The molecule has 0 unspecified atom stereocenters. The van der Waals surface area contributed by atoms with Crippen LogP contribution in [0.5, 0.6) is 0 Å². The van der Waals surface area contributed by atoms with E-state index in [0.717, 1.165) is 31.4 Å². The van der Waals surface area contributed by atoms with E-state index in [9.17, 15) is 23.3 Å². The third kappa shape index (κ3) is 3.90. The number of methoxy groups -OCH3 is 1. The number of hydrogen-bond donors (Lipinski definition) is 1. The van der Waals surface area contributed by atoms with Crippen LogP contribution < -0.4 is 4.83 Å². The molecule has 1 rings (SSSR count). The molecular weight excluding hydrogens is 310 g/mol. The summed E-state index contributed by atoms with van der Waals surface area (Å²) in [6.45, 7) is 0. The lowest BCUT2D eigenvalue weighted by atomic mass is 10.3. The van der Waals surface area contributed by atoms with Gasteiger partial charge < -0.3 is 4.74 Å². The molecule has 0 aliphatic carbocycles. The predicted molar refractivity (Wildman–Crippen MR) is 71.2 cm³/mol. The fraction of sp³-hybridized carbons (Fsp3) is 0.222. The summed E-state index contributed by atoms with van der Waals surface area (Å²) in [5, 5.41) is 9.77. The van der Waals surface area contributed by atoms with Gasteiger partial charge in [-0.15, -0.1) is 4.41 Å². The number of nitro groups is 1. The van der Waals surface area contributed by atoms with Crippen LogP contribution in [0, 0.1) is 10.1 Å². The Balaban J connectivity index is 2.87. The molecule has 9 nitrogen and oxygen atoms in total. The van der Waals surface area contributed by atoms with E-state index in [0.29, 0.717) is 16.4 Å². The first-order valence-corrected chi connectivity index (χ1v) is 7.28. The van der Waals surface area contributed by atoms with Gasteiger partial charge in [-0.2, -0.15) is 4.83 Å². The summed E-state index contributed by atoms with van der Waals surface area (Å²) in [6, 6.07) is 4.37. The van der Waals surface area contributed by atoms with Crippen molar-refractivity contribution in [2.24, 2.45) is 0 Å². The third-order valence-electron chi connectivity index (χ3n) is 2.13. The standard InChI is InChI=1S/C9H11N3O6S2/c1-11(10-19-9(13)18-2)20(16,17)8-5-3-7(4-6-8)12(14)15/h3-6,10H,1-2H3. The lowest BCUT2D eigenvalue weighted by molar-refractivity contribution is -0.384. The van der Waals surface area contributed by atoms with Crippen LogP contribution in [-0.2, 0) is 14.8 Å². The van der Waals surface area contributed by atoms with Gasteiger partial charge in [0.2, 0.25) is 0 Å². The van der Waals surface area contributed by atoms with Crippen LogP contribution in [0.2, 0.25) is 0 Å². The molecule has 1 aromatic carbocycles. The van der Waals surface area contributed by atoms with Crippen molar-refractivity contribution < 1.29 is 22.9 Å². The summed E-state index contributed by atoms with van der Waals surface area (Å²) in [6.07, 6.45) is 0. The molecule has 0 bridgehead atoms. The number of sulfonamides is 1. The van der Waals surface area contributed by atoms with Gasteiger partial charge in [-0.25, -0.2) is 13.2 Å². The molecule has 0 radical (unpaired) electrons. The molecule has 0 saturated carbocycles. The molecule has 11 heteroatoms. The summed E-state index contributed by atoms with van der Waals surface area (Å²) in [4.78, 5) is 22.8. The second-order valence-corrected chi connectivity index (χ2v) is 6.06. The minimum atomic E-state index is -3.91. The van der Waals surface area contributed by atoms with Crippen LogP contribution in [0.15, 0.2) is 29.2 Å². The normalized spacial score (nSPS) is 11.3. The van der Waals surface area contributed by atoms with Crippen molar-refractivity contribution in [3.63, 3.8) is 0 Å². The largest absolute Gasteiger partial charge is 0.460 e. The van der Waals surface area contributed by atoms with E-state index >= 15 is 0 Å². The lowest BCUT2D eigenvalue weighted by Gasteiger charge is -2.16. The maximum Gasteiger partial charge on any atom is 0.383 e. The molecule has 0 saturated heterocycles. The fourth-order valence-corrected chi connectivity index (χ4v) is 2.68. The van der Waals surface area contributed by atoms with E-state index in [2.05, 4.69) is 9.57 Å². The van der Waals surface area contributed by atoms with Crippen molar-refractivity contribution >= 4 is 33.0 Å². The fourth-order valence-electron chi connectivity index (χ4n) is 1.09. The molecule has 0 spiro atoms. The zero-order valence-electron chi connectivity index (χ0n) is 10.5. The molecule has 1 N–H and O–H groups in total. The highest BCUT2D eigenvalue weighted by Gasteiger charge is 2.22. The van der Waals surface area contributed by atoms with Crippen molar-refractivity contribution in [2.75, 3.05) is 14.2 Å². The highest BCUT2D eigenvalue weighted by atomic mass is 32.2. The third-order valence-corrected chi connectivity index (χ3v) is 4.62. The lowest BCUT2D eigenvalue weighted by Crippen LogP contribution is -2.36. The Morgan fingerprint density at radius 3 is 2.40 bits per heavy atom. The maximum atomic E-state index is 12.0. The number of hydrogen-bond acceptors (Lipinski definition) is 8. The molecule has 0 heterocycles. The molecule has 0 aliphatic rings. The first kappa shape index (κ1) is 16.4. The Bertz CT molecular complexity index is 601. The van der Waals surface area contributed by atoms with Gasteiger partial charge >= 0.3 is 5.30 Å². The molecule has 0 aliphatic heterocycles. The van der Waals surface area contributed by atoms with Gasteiger partial charge in [0.15, 0.2) is 0 Å². The van der Waals surface area contributed by atoms with E-state index < -0.39 is 20.2 Å². The summed E-state index contributed by atoms with van der Waals surface area (Å²) < 4.78 is 29.1. The number of hydrazine groups is 1. The number of carbonyl (C=O) groups excluding carboxylic acids is 1. The summed E-state index contributed by atoms with van der Waals surface area (Å²) in [7, 11) is -1.57. The van der Waals surface area contributed by atoms with Crippen molar-refractivity contribution in [2.45, 2.75) is 4.90 Å². The molecule has 20 heavy (non-hydrogen) atoms. The van der Waals surface area contributed by atoms with Crippen molar-refractivity contribution in [1.29, 1.82) is 0 Å².